The Bertz CT molecular complexity index is 1570. The van der Waals surface area contributed by atoms with Crippen molar-refractivity contribution < 1.29 is 22.7 Å². The van der Waals surface area contributed by atoms with Crippen molar-refractivity contribution in [2.24, 2.45) is 0 Å². The Labute approximate surface area is 248 Å². The van der Waals surface area contributed by atoms with E-state index in [4.69, 9.17) is 9.47 Å². The predicted molar refractivity (Wildman–Crippen MR) is 162 cm³/mol. The summed E-state index contributed by atoms with van der Waals surface area (Å²) in [4.78, 5) is 15.7. The molecule has 1 spiro atoms. The van der Waals surface area contributed by atoms with Crippen molar-refractivity contribution in [3.63, 3.8) is 0 Å². The van der Waals surface area contributed by atoms with Gasteiger partial charge < -0.3 is 18.9 Å². The van der Waals surface area contributed by atoms with Crippen molar-refractivity contribution in [1.82, 2.24) is 18.5 Å². The lowest BCUT2D eigenvalue weighted by molar-refractivity contribution is -0.0580. The van der Waals surface area contributed by atoms with Gasteiger partial charge in [-0.05, 0) is 81.8 Å². The topological polar surface area (TPSA) is 93.1 Å². The molecule has 2 aliphatic carbocycles. The zero-order chi connectivity index (χ0) is 29.1. The van der Waals surface area contributed by atoms with Crippen LogP contribution in [0.25, 0.3) is 16.5 Å². The Morgan fingerprint density at radius 3 is 2.74 bits per heavy atom. The number of benzene rings is 1. The first-order valence-corrected chi connectivity index (χ1v) is 17.0. The molecule has 1 saturated carbocycles. The van der Waals surface area contributed by atoms with E-state index >= 15 is 0 Å². The molecule has 9 nitrogen and oxygen atoms in total. The van der Waals surface area contributed by atoms with Crippen LogP contribution in [-0.2, 0) is 26.2 Å². The van der Waals surface area contributed by atoms with Gasteiger partial charge in [-0.25, -0.2) is 4.72 Å². The Balaban J connectivity index is 1.46. The van der Waals surface area contributed by atoms with E-state index in [-0.39, 0.29) is 6.04 Å². The quantitative estimate of drug-likeness (QED) is 0.521. The van der Waals surface area contributed by atoms with Crippen molar-refractivity contribution in [2.75, 3.05) is 40.4 Å². The maximum Gasteiger partial charge on any atom is 0.303 e. The number of hydrogen-bond donors (Lipinski definition) is 1. The summed E-state index contributed by atoms with van der Waals surface area (Å²) in [6.07, 6.45) is 13.6. The highest BCUT2D eigenvalue weighted by Gasteiger charge is 2.46. The van der Waals surface area contributed by atoms with Gasteiger partial charge in [-0.2, -0.15) is 12.7 Å². The van der Waals surface area contributed by atoms with E-state index in [1.807, 2.05) is 12.1 Å². The highest BCUT2D eigenvalue weighted by Crippen LogP contribution is 2.47. The fourth-order valence-corrected chi connectivity index (χ4v) is 8.66. The first-order valence-electron chi connectivity index (χ1n) is 15.6. The molecule has 5 bridgehead atoms. The molecule has 4 heterocycles. The number of ether oxygens (including phenoxy) is 2. The van der Waals surface area contributed by atoms with Crippen LogP contribution in [0.15, 0.2) is 36.1 Å². The van der Waals surface area contributed by atoms with Crippen LogP contribution in [0.4, 0.5) is 0 Å². The van der Waals surface area contributed by atoms with Gasteiger partial charge in [-0.15, -0.1) is 0 Å². The minimum atomic E-state index is -3.97. The van der Waals surface area contributed by atoms with Gasteiger partial charge in [-0.1, -0.05) is 31.4 Å². The fourth-order valence-electron chi connectivity index (χ4n) is 7.78. The molecule has 2 unspecified atom stereocenters. The summed E-state index contributed by atoms with van der Waals surface area (Å²) in [6.45, 7) is 2.74. The zero-order valence-electron chi connectivity index (χ0n) is 24.7. The van der Waals surface area contributed by atoms with E-state index in [2.05, 4.69) is 33.4 Å². The number of hydrogen-bond acceptors (Lipinski definition) is 6. The largest absolute Gasteiger partial charge is 0.490 e. The van der Waals surface area contributed by atoms with Gasteiger partial charge in [0.25, 0.3) is 5.91 Å². The maximum absolute atomic E-state index is 13.4. The monoisotopic (exact) mass is 594 g/mol. The van der Waals surface area contributed by atoms with Crippen molar-refractivity contribution in [3.8, 4) is 0 Å². The smallest absolute Gasteiger partial charge is 0.303 e. The molecule has 42 heavy (non-hydrogen) atoms. The molecule has 2 atom stereocenters. The lowest BCUT2D eigenvalue weighted by atomic mass is 9.80. The second-order valence-electron chi connectivity index (χ2n) is 12.9. The summed E-state index contributed by atoms with van der Waals surface area (Å²) in [5, 5.41) is 1.15. The van der Waals surface area contributed by atoms with Crippen LogP contribution in [0.1, 0.15) is 85.3 Å². The second kappa shape index (κ2) is 10.8. The van der Waals surface area contributed by atoms with Gasteiger partial charge in [0.2, 0.25) is 0 Å². The second-order valence-corrected chi connectivity index (χ2v) is 14.7. The number of likely N-dealkylation sites (N-methyl/N-ethyl adjacent to an activating group) is 1. The molecule has 1 aromatic heterocycles. The molecule has 1 amide bonds. The minimum Gasteiger partial charge on any atom is -0.490 e. The molecular formula is C32H42N4O5S. The third-order valence-electron chi connectivity index (χ3n) is 10.2. The number of carbonyl (C=O) groups excluding carboxylic acids is 1. The molecule has 1 N–H and O–H groups in total. The normalized spacial score (nSPS) is 29.4. The van der Waals surface area contributed by atoms with E-state index in [0.717, 1.165) is 55.3 Å². The van der Waals surface area contributed by atoms with Gasteiger partial charge in [-0.3, -0.25) is 4.79 Å². The molecule has 2 fully saturated rings. The third kappa shape index (κ3) is 4.90. The summed E-state index contributed by atoms with van der Waals surface area (Å²) in [7, 11) is -0.363. The molecular weight excluding hydrogens is 552 g/mol. The number of rotatable bonds is 1. The highest BCUT2D eigenvalue weighted by atomic mass is 32.2. The molecule has 7 rings (SSSR count). The molecule has 0 radical (unpaired) electrons. The summed E-state index contributed by atoms with van der Waals surface area (Å²) >= 11 is 0. The maximum atomic E-state index is 13.4. The van der Waals surface area contributed by atoms with Crippen molar-refractivity contribution in [3.05, 3.63) is 52.9 Å². The van der Waals surface area contributed by atoms with E-state index in [1.54, 1.807) is 6.07 Å². The van der Waals surface area contributed by atoms with Gasteiger partial charge in [0.1, 0.15) is 18.0 Å². The van der Waals surface area contributed by atoms with E-state index < -0.39 is 21.7 Å². The Hall–Kier alpha value is -2.66. The zero-order valence-corrected chi connectivity index (χ0v) is 25.5. The van der Waals surface area contributed by atoms with Gasteiger partial charge in [0.05, 0.1) is 18.8 Å². The van der Waals surface area contributed by atoms with Crippen LogP contribution < -0.4 is 4.72 Å². The Kier molecular flexibility index (Phi) is 7.24. The average molecular weight is 595 g/mol. The SMILES string of the molecule is CN1CCCN(C)S(=O)(=O)NC(=O)c2ccc3c(C4CCCCC4)c4n(c3c2)CC2(COC3=C4CCC=C3)CC1CO2. The van der Waals surface area contributed by atoms with E-state index in [0.29, 0.717) is 44.2 Å². The van der Waals surface area contributed by atoms with Crippen LogP contribution in [0, 0.1) is 0 Å². The first-order chi connectivity index (χ1) is 20.2. The predicted octanol–water partition coefficient (Wildman–Crippen LogP) is 4.55. The number of carbonyl (C=O) groups is 1. The van der Waals surface area contributed by atoms with Crippen LogP contribution in [-0.4, -0.2) is 80.1 Å². The highest BCUT2D eigenvalue weighted by molar-refractivity contribution is 7.87. The van der Waals surface area contributed by atoms with Gasteiger partial charge >= 0.3 is 10.2 Å². The van der Waals surface area contributed by atoms with Crippen LogP contribution in [0.2, 0.25) is 0 Å². The Morgan fingerprint density at radius 2 is 1.90 bits per heavy atom. The number of nitrogens with zero attached hydrogens (tertiary/aromatic N) is 3. The number of fused-ring (bicyclic) bond motifs is 3. The number of amides is 1. The molecule has 2 aromatic rings. The van der Waals surface area contributed by atoms with Crippen LogP contribution in [0.3, 0.4) is 0 Å². The van der Waals surface area contributed by atoms with Crippen molar-refractivity contribution in [2.45, 2.75) is 81.9 Å². The Morgan fingerprint density at radius 1 is 1.07 bits per heavy atom. The van der Waals surface area contributed by atoms with E-state index in [9.17, 15) is 13.2 Å². The molecule has 5 aliphatic rings. The van der Waals surface area contributed by atoms with E-state index in [1.165, 1.54) is 47.4 Å². The van der Waals surface area contributed by atoms with Crippen LogP contribution >= 0.6 is 0 Å². The molecule has 1 aromatic carbocycles. The molecule has 1 saturated heterocycles. The summed E-state index contributed by atoms with van der Waals surface area (Å²) in [5.74, 6) is 0.756. The lowest BCUT2D eigenvalue weighted by Crippen LogP contribution is -2.44. The van der Waals surface area contributed by atoms with Gasteiger partial charge in [0.15, 0.2) is 0 Å². The fraction of sp³-hybridized carbons (Fsp3) is 0.594. The number of nitrogens with one attached hydrogen (secondary N) is 1. The molecule has 3 aliphatic heterocycles. The average Bonchev–Trinajstić information content (AvgIpc) is 3.54. The summed E-state index contributed by atoms with van der Waals surface area (Å²) < 4.78 is 45.5. The molecule has 10 heteroatoms. The molecule has 226 valence electrons. The summed E-state index contributed by atoms with van der Waals surface area (Å²) in [5.41, 5.74) is 4.62. The third-order valence-corrected chi connectivity index (χ3v) is 11.6. The van der Waals surface area contributed by atoms with Crippen molar-refractivity contribution >= 4 is 32.6 Å². The van der Waals surface area contributed by atoms with Crippen LogP contribution in [0.5, 0.6) is 0 Å². The van der Waals surface area contributed by atoms with Gasteiger partial charge in [0, 0.05) is 41.7 Å². The number of allylic oxidation sites excluding steroid dienone is 3. The number of aromatic nitrogens is 1. The van der Waals surface area contributed by atoms with Crippen molar-refractivity contribution in [1.29, 1.82) is 0 Å². The standard InChI is InChI=1S/C32H42N4O5S/c1-34-15-8-16-35(2)42(38,39)33-31(37)23-13-14-25-27(17-23)36-20-32(18-24(34)19-41-32)21-40-28-12-7-6-11-26(28)30(36)29(25)22-9-4-3-5-10-22/h7,12-14,17,22,24H,3-6,8-11,15-16,18-21H2,1-2H3,(H,33,37). The first kappa shape index (κ1) is 28.1. The summed E-state index contributed by atoms with van der Waals surface area (Å²) in [6, 6.07) is 5.94. The minimum absolute atomic E-state index is 0.205. The lowest BCUT2D eigenvalue weighted by Gasteiger charge is -2.35.